The van der Waals surface area contributed by atoms with Gasteiger partial charge in [-0.05, 0) is 55.0 Å². The van der Waals surface area contributed by atoms with Crippen LogP contribution in [0.15, 0.2) is 42.5 Å². The molecule has 4 heteroatoms. The molecule has 2 N–H and O–H groups in total. The first kappa shape index (κ1) is 15.4. The summed E-state index contributed by atoms with van der Waals surface area (Å²) in [5.41, 5.74) is 4.32. The standard InChI is InChI=1S/C19H22N2O2/c1-13-10-11-18(23-2)17(12-13)21-19(22)20-16-9-5-7-14-6-3-4-8-15(14)16/h3-4,6,8,10-12,16H,5,7,9H2,1-2H3,(H2,20,21,22)/t16-/m0/s1. The number of anilines is 1. The number of urea groups is 1. The van der Waals surface area contributed by atoms with Crippen molar-refractivity contribution in [2.24, 2.45) is 0 Å². The molecule has 1 aliphatic carbocycles. The molecule has 4 nitrogen and oxygen atoms in total. The summed E-state index contributed by atoms with van der Waals surface area (Å²) in [4.78, 5) is 12.4. The maximum absolute atomic E-state index is 12.4. The zero-order chi connectivity index (χ0) is 16.2. The minimum atomic E-state index is -0.199. The van der Waals surface area contributed by atoms with E-state index in [0.717, 1.165) is 24.8 Å². The van der Waals surface area contributed by atoms with E-state index in [9.17, 15) is 4.79 Å². The minimum Gasteiger partial charge on any atom is -0.495 e. The highest BCUT2D eigenvalue weighted by atomic mass is 16.5. The Morgan fingerprint density at radius 1 is 1.22 bits per heavy atom. The van der Waals surface area contributed by atoms with Gasteiger partial charge in [0.05, 0.1) is 18.8 Å². The second-order valence-electron chi connectivity index (χ2n) is 5.95. The third-order valence-corrected chi connectivity index (χ3v) is 4.28. The molecule has 1 atom stereocenters. The van der Waals surface area contributed by atoms with Gasteiger partial charge < -0.3 is 15.4 Å². The van der Waals surface area contributed by atoms with E-state index in [0.29, 0.717) is 11.4 Å². The molecule has 23 heavy (non-hydrogen) atoms. The molecule has 0 unspecified atom stereocenters. The van der Waals surface area contributed by atoms with Crippen molar-refractivity contribution in [2.75, 3.05) is 12.4 Å². The van der Waals surface area contributed by atoms with E-state index < -0.39 is 0 Å². The van der Waals surface area contributed by atoms with E-state index in [2.05, 4.69) is 28.8 Å². The molecule has 0 fully saturated rings. The number of hydrogen-bond donors (Lipinski definition) is 2. The van der Waals surface area contributed by atoms with Crippen LogP contribution in [0.5, 0.6) is 5.75 Å². The largest absolute Gasteiger partial charge is 0.495 e. The molecule has 0 aliphatic heterocycles. The normalized spacial score (nSPS) is 16.3. The molecule has 2 amide bonds. The molecular formula is C19H22N2O2. The predicted octanol–water partition coefficient (Wildman–Crippen LogP) is 4.20. The lowest BCUT2D eigenvalue weighted by Crippen LogP contribution is -2.34. The van der Waals surface area contributed by atoms with Crippen LogP contribution >= 0.6 is 0 Å². The Labute approximate surface area is 136 Å². The molecule has 1 aliphatic rings. The van der Waals surface area contributed by atoms with Gasteiger partial charge >= 0.3 is 6.03 Å². The SMILES string of the molecule is COc1ccc(C)cc1NC(=O)N[C@H]1CCCc2ccccc21. The summed E-state index contributed by atoms with van der Waals surface area (Å²) in [5.74, 6) is 0.662. The third kappa shape index (κ3) is 3.47. The van der Waals surface area contributed by atoms with Gasteiger partial charge in [0.15, 0.2) is 0 Å². The number of carbonyl (C=O) groups is 1. The van der Waals surface area contributed by atoms with E-state index in [1.54, 1.807) is 7.11 Å². The highest BCUT2D eigenvalue weighted by molar-refractivity contribution is 5.91. The van der Waals surface area contributed by atoms with Gasteiger partial charge in [0.25, 0.3) is 0 Å². The molecule has 0 spiro atoms. The highest BCUT2D eigenvalue weighted by Gasteiger charge is 2.21. The fourth-order valence-corrected chi connectivity index (χ4v) is 3.14. The summed E-state index contributed by atoms with van der Waals surface area (Å²) >= 11 is 0. The highest BCUT2D eigenvalue weighted by Crippen LogP contribution is 2.30. The van der Waals surface area contributed by atoms with Crippen LogP contribution in [0.1, 0.15) is 35.6 Å². The summed E-state index contributed by atoms with van der Waals surface area (Å²) in [6.07, 6.45) is 3.15. The van der Waals surface area contributed by atoms with Gasteiger partial charge in [-0.2, -0.15) is 0 Å². The second kappa shape index (κ2) is 6.73. The lowest BCUT2D eigenvalue weighted by Gasteiger charge is -2.26. The number of nitrogens with one attached hydrogen (secondary N) is 2. The first-order valence-electron chi connectivity index (χ1n) is 7.97. The van der Waals surface area contributed by atoms with Gasteiger partial charge in [0.1, 0.15) is 5.75 Å². The Hall–Kier alpha value is -2.49. The zero-order valence-electron chi connectivity index (χ0n) is 13.6. The summed E-state index contributed by atoms with van der Waals surface area (Å²) in [7, 11) is 1.60. The van der Waals surface area contributed by atoms with Crippen LogP contribution in [0.25, 0.3) is 0 Å². The van der Waals surface area contributed by atoms with Crippen LogP contribution < -0.4 is 15.4 Å². The van der Waals surface area contributed by atoms with E-state index in [-0.39, 0.29) is 12.1 Å². The lowest BCUT2D eigenvalue weighted by atomic mass is 9.88. The van der Waals surface area contributed by atoms with Crippen LogP contribution in [-0.4, -0.2) is 13.1 Å². The van der Waals surface area contributed by atoms with Crippen molar-refractivity contribution in [3.63, 3.8) is 0 Å². The molecule has 0 radical (unpaired) electrons. The molecule has 0 saturated heterocycles. The van der Waals surface area contributed by atoms with E-state index in [1.165, 1.54) is 11.1 Å². The van der Waals surface area contributed by atoms with Crippen molar-refractivity contribution in [2.45, 2.75) is 32.2 Å². The lowest BCUT2D eigenvalue weighted by molar-refractivity contribution is 0.247. The van der Waals surface area contributed by atoms with Crippen LogP contribution in [-0.2, 0) is 6.42 Å². The Morgan fingerprint density at radius 3 is 2.87 bits per heavy atom. The fourth-order valence-electron chi connectivity index (χ4n) is 3.14. The molecule has 0 aromatic heterocycles. The van der Waals surface area contributed by atoms with Crippen molar-refractivity contribution in [3.05, 3.63) is 59.2 Å². The summed E-state index contributed by atoms with van der Waals surface area (Å²) < 4.78 is 5.30. The topological polar surface area (TPSA) is 50.4 Å². The van der Waals surface area contributed by atoms with Gasteiger partial charge in [0.2, 0.25) is 0 Å². The quantitative estimate of drug-likeness (QED) is 0.892. The number of rotatable bonds is 3. The van der Waals surface area contributed by atoms with E-state index in [4.69, 9.17) is 4.74 Å². The number of fused-ring (bicyclic) bond motifs is 1. The number of amides is 2. The number of methoxy groups -OCH3 is 1. The summed E-state index contributed by atoms with van der Waals surface area (Å²) in [5, 5.41) is 5.99. The predicted molar refractivity (Wildman–Crippen MR) is 92.0 cm³/mol. The third-order valence-electron chi connectivity index (χ3n) is 4.28. The van der Waals surface area contributed by atoms with Crippen LogP contribution in [0, 0.1) is 6.92 Å². The Kier molecular flexibility index (Phi) is 4.51. The first-order chi connectivity index (χ1) is 11.2. The Morgan fingerprint density at radius 2 is 2.04 bits per heavy atom. The van der Waals surface area contributed by atoms with Gasteiger partial charge in [-0.1, -0.05) is 30.3 Å². The first-order valence-corrected chi connectivity index (χ1v) is 7.97. The van der Waals surface area contributed by atoms with E-state index in [1.807, 2.05) is 31.2 Å². The van der Waals surface area contributed by atoms with Crippen molar-refractivity contribution >= 4 is 11.7 Å². The van der Waals surface area contributed by atoms with Crippen LogP contribution in [0.2, 0.25) is 0 Å². The molecule has 120 valence electrons. The smallest absolute Gasteiger partial charge is 0.319 e. The second-order valence-corrected chi connectivity index (χ2v) is 5.95. The molecular weight excluding hydrogens is 288 g/mol. The van der Waals surface area contributed by atoms with Crippen molar-refractivity contribution in [1.29, 1.82) is 0 Å². The molecule has 0 saturated carbocycles. The van der Waals surface area contributed by atoms with Crippen molar-refractivity contribution in [3.8, 4) is 5.75 Å². The van der Waals surface area contributed by atoms with Gasteiger partial charge in [-0.25, -0.2) is 4.79 Å². The minimum absolute atomic E-state index is 0.0655. The van der Waals surface area contributed by atoms with Crippen molar-refractivity contribution < 1.29 is 9.53 Å². The van der Waals surface area contributed by atoms with Crippen LogP contribution in [0.3, 0.4) is 0 Å². The molecule has 2 aromatic carbocycles. The number of hydrogen-bond acceptors (Lipinski definition) is 2. The number of ether oxygens (including phenoxy) is 1. The number of benzene rings is 2. The summed E-state index contributed by atoms with van der Waals surface area (Å²) in [6.45, 7) is 1.99. The Balaban J connectivity index is 1.73. The molecule has 2 aromatic rings. The van der Waals surface area contributed by atoms with Crippen LogP contribution in [0.4, 0.5) is 10.5 Å². The van der Waals surface area contributed by atoms with Crippen molar-refractivity contribution in [1.82, 2.24) is 5.32 Å². The monoisotopic (exact) mass is 310 g/mol. The van der Waals surface area contributed by atoms with Gasteiger partial charge in [-0.15, -0.1) is 0 Å². The molecule has 0 bridgehead atoms. The average molecular weight is 310 g/mol. The summed E-state index contributed by atoms with van der Waals surface area (Å²) in [6, 6.07) is 13.9. The maximum Gasteiger partial charge on any atom is 0.319 e. The maximum atomic E-state index is 12.4. The number of aryl methyl sites for hydroxylation is 2. The number of carbonyl (C=O) groups excluding carboxylic acids is 1. The van der Waals surface area contributed by atoms with Gasteiger partial charge in [-0.3, -0.25) is 0 Å². The van der Waals surface area contributed by atoms with E-state index >= 15 is 0 Å². The molecule has 3 rings (SSSR count). The van der Waals surface area contributed by atoms with Gasteiger partial charge in [0, 0.05) is 0 Å². The molecule has 0 heterocycles. The Bertz CT molecular complexity index is 712. The fraction of sp³-hybridized carbons (Fsp3) is 0.316. The zero-order valence-corrected chi connectivity index (χ0v) is 13.6. The average Bonchev–Trinajstić information content (AvgIpc) is 2.55.